The lowest BCUT2D eigenvalue weighted by Crippen LogP contribution is -2.57. The van der Waals surface area contributed by atoms with E-state index < -0.39 is 68.4 Å². The second-order valence-electron chi connectivity index (χ2n) is 8.45. The summed E-state index contributed by atoms with van der Waals surface area (Å²) in [7, 11) is -4.79. The van der Waals surface area contributed by atoms with Gasteiger partial charge < -0.3 is 15.6 Å². The first-order valence-electron chi connectivity index (χ1n) is 10.4. The summed E-state index contributed by atoms with van der Waals surface area (Å²) in [6, 6.07) is 2.00. The summed E-state index contributed by atoms with van der Waals surface area (Å²) in [5.41, 5.74) is 3.57. The minimum absolute atomic E-state index is 0.282. The van der Waals surface area contributed by atoms with Crippen LogP contribution in [0.1, 0.15) is 20.8 Å². The second-order valence-corrected chi connectivity index (χ2v) is 10.2. The summed E-state index contributed by atoms with van der Waals surface area (Å²) in [6.45, 7) is 6.82. The lowest BCUT2D eigenvalue weighted by Gasteiger charge is -2.40. The van der Waals surface area contributed by atoms with Crippen LogP contribution in [0.15, 0.2) is 53.5 Å². The first-order chi connectivity index (χ1) is 16.2. The van der Waals surface area contributed by atoms with E-state index in [1.807, 2.05) is 0 Å². The number of sulfonamides is 1. The number of ether oxygens (including phenoxy) is 1. The number of hydrogen-bond donors (Lipinski definition) is 2. The molecule has 0 saturated heterocycles. The lowest BCUT2D eigenvalue weighted by atomic mass is 9.98. The van der Waals surface area contributed by atoms with Crippen LogP contribution in [0.25, 0.3) is 0 Å². The highest BCUT2D eigenvalue weighted by Crippen LogP contribution is 2.32. The van der Waals surface area contributed by atoms with Crippen molar-refractivity contribution in [3.63, 3.8) is 0 Å². The molecule has 1 heterocycles. The number of carbonyl (C=O) groups is 2. The standard InChI is InChI=1S/C21H28N4O9S/c1-5-10-33-25(35(31,32)18-9-7-6-8-16(18)24(29)30)17-12-23(20(28)34-21(2,3)4)14(13-26)11-15(17)19(22)27/h5-9,11,14,17,26H,1,10,12-13H2,2-4H3,(H2,22,27). The summed E-state index contributed by atoms with van der Waals surface area (Å²) >= 11 is 0. The van der Waals surface area contributed by atoms with Gasteiger partial charge in [0.25, 0.3) is 15.7 Å². The van der Waals surface area contributed by atoms with E-state index in [1.165, 1.54) is 18.2 Å². The van der Waals surface area contributed by atoms with Gasteiger partial charge in [-0.3, -0.25) is 24.6 Å². The van der Waals surface area contributed by atoms with Crippen molar-refractivity contribution in [2.24, 2.45) is 5.73 Å². The molecular weight excluding hydrogens is 484 g/mol. The van der Waals surface area contributed by atoms with Gasteiger partial charge in [-0.2, -0.15) is 0 Å². The van der Waals surface area contributed by atoms with Gasteiger partial charge in [-0.15, -0.1) is 6.58 Å². The fourth-order valence-electron chi connectivity index (χ4n) is 3.31. The van der Waals surface area contributed by atoms with E-state index >= 15 is 0 Å². The van der Waals surface area contributed by atoms with Crippen LogP contribution in [0.5, 0.6) is 0 Å². The maximum absolute atomic E-state index is 13.6. The molecule has 1 aliphatic heterocycles. The van der Waals surface area contributed by atoms with Crippen molar-refractivity contribution in [2.75, 3.05) is 19.8 Å². The van der Waals surface area contributed by atoms with Gasteiger partial charge in [-0.1, -0.05) is 22.7 Å². The molecule has 1 aromatic rings. The van der Waals surface area contributed by atoms with Crippen molar-refractivity contribution in [2.45, 2.75) is 43.4 Å². The Morgan fingerprint density at radius 3 is 2.51 bits per heavy atom. The zero-order valence-electron chi connectivity index (χ0n) is 19.5. The van der Waals surface area contributed by atoms with Crippen LogP contribution in [-0.4, -0.2) is 77.3 Å². The third-order valence-corrected chi connectivity index (χ3v) is 6.49. The lowest BCUT2D eigenvalue weighted by molar-refractivity contribution is -0.388. The van der Waals surface area contributed by atoms with Gasteiger partial charge in [0.15, 0.2) is 4.90 Å². The molecule has 2 amide bonds. The van der Waals surface area contributed by atoms with E-state index in [0.717, 1.165) is 23.1 Å². The Morgan fingerprint density at radius 1 is 1.37 bits per heavy atom. The number of hydroxylamine groups is 1. The van der Waals surface area contributed by atoms with Crippen molar-refractivity contribution < 1.29 is 37.6 Å². The topological polar surface area (TPSA) is 183 Å². The fraction of sp³-hybridized carbons (Fsp3) is 0.429. The van der Waals surface area contributed by atoms with Crippen LogP contribution >= 0.6 is 0 Å². The molecular formula is C21H28N4O9S. The van der Waals surface area contributed by atoms with Crippen molar-refractivity contribution in [3.8, 4) is 0 Å². The van der Waals surface area contributed by atoms with E-state index in [-0.39, 0.29) is 12.2 Å². The van der Waals surface area contributed by atoms with Crippen molar-refractivity contribution in [3.05, 3.63) is 58.7 Å². The number of nitro benzene ring substituents is 1. The maximum Gasteiger partial charge on any atom is 0.410 e. The SMILES string of the molecule is C=CCON(C1CN(C(=O)OC(C)(C)C)C(CO)C=C1C(N)=O)S(=O)(=O)c1ccccc1[N+](=O)[O-]. The number of hydrogen-bond acceptors (Lipinski definition) is 9. The molecule has 1 aliphatic rings. The number of aliphatic hydroxyl groups excluding tert-OH is 1. The zero-order chi connectivity index (χ0) is 26.6. The number of para-hydroxylation sites is 1. The maximum atomic E-state index is 13.6. The molecule has 13 nitrogen and oxygen atoms in total. The Kier molecular flexibility index (Phi) is 8.73. The fourth-order valence-corrected chi connectivity index (χ4v) is 4.88. The Labute approximate surface area is 202 Å². The molecule has 3 N–H and O–H groups in total. The molecule has 192 valence electrons. The molecule has 0 saturated carbocycles. The minimum atomic E-state index is -4.79. The zero-order valence-corrected chi connectivity index (χ0v) is 20.3. The summed E-state index contributed by atoms with van der Waals surface area (Å²) in [5.74, 6) is -1.04. The number of nitrogens with two attached hydrogens (primary N) is 1. The molecule has 14 heteroatoms. The van der Waals surface area contributed by atoms with Gasteiger partial charge in [0, 0.05) is 18.2 Å². The molecule has 0 bridgehead atoms. The molecule has 0 radical (unpaired) electrons. The predicted molar refractivity (Wildman–Crippen MR) is 123 cm³/mol. The van der Waals surface area contributed by atoms with E-state index in [2.05, 4.69) is 6.58 Å². The first kappa shape index (κ1) is 27.9. The van der Waals surface area contributed by atoms with E-state index in [1.54, 1.807) is 20.8 Å². The van der Waals surface area contributed by atoms with E-state index in [0.29, 0.717) is 4.47 Å². The van der Waals surface area contributed by atoms with Crippen molar-refractivity contribution in [1.82, 2.24) is 9.37 Å². The van der Waals surface area contributed by atoms with Gasteiger partial charge in [0.2, 0.25) is 5.91 Å². The first-order valence-corrected chi connectivity index (χ1v) is 11.8. The normalized spacial score (nSPS) is 18.7. The van der Waals surface area contributed by atoms with Crippen molar-refractivity contribution in [1.29, 1.82) is 0 Å². The number of primary amides is 1. The van der Waals surface area contributed by atoms with Crippen LogP contribution in [-0.2, 0) is 24.4 Å². The van der Waals surface area contributed by atoms with Gasteiger partial charge in [-0.05, 0) is 32.9 Å². The van der Waals surface area contributed by atoms with Crippen LogP contribution in [0.3, 0.4) is 0 Å². The molecule has 35 heavy (non-hydrogen) atoms. The van der Waals surface area contributed by atoms with Gasteiger partial charge >= 0.3 is 6.09 Å². The number of nitro groups is 1. The average Bonchev–Trinajstić information content (AvgIpc) is 2.77. The quantitative estimate of drug-likeness (QED) is 0.278. The van der Waals surface area contributed by atoms with Gasteiger partial charge in [-0.25, -0.2) is 13.2 Å². The number of nitrogens with zero attached hydrogens (tertiary/aromatic N) is 3. The Morgan fingerprint density at radius 2 is 2.00 bits per heavy atom. The molecule has 2 rings (SSSR count). The van der Waals surface area contributed by atoms with Gasteiger partial charge in [0.1, 0.15) is 5.60 Å². The minimum Gasteiger partial charge on any atom is -0.444 e. The Hall–Kier alpha value is -3.33. The highest BCUT2D eigenvalue weighted by atomic mass is 32.2. The molecule has 0 spiro atoms. The number of amides is 2. The second kappa shape index (κ2) is 10.9. The third-order valence-electron chi connectivity index (χ3n) is 4.75. The molecule has 0 aromatic heterocycles. The molecule has 2 unspecified atom stereocenters. The van der Waals surface area contributed by atoms with Crippen LogP contribution in [0.2, 0.25) is 0 Å². The predicted octanol–water partition coefficient (Wildman–Crippen LogP) is 1.10. The number of benzene rings is 1. The van der Waals surface area contributed by atoms with Crippen LogP contribution in [0, 0.1) is 10.1 Å². The summed E-state index contributed by atoms with van der Waals surface area (Å²) in [4.78, 5) is 41.4. The summed E-state index contributed by atoms with van der Waals surface area (Å²) in [6.07, 6.45) is 1.47. The Balaban J connectivity index is 2.67. The molecule has 1 aromatic carbocycles. The van der Waals surface area contributed by atoms with E-state index in [4.69, 9.17) is 15.3 Å². The monoisotopic (exact) mass is 512 g/mol. The number of carbonyl (C=O) groups excluding carboxylic acids is 2. The van der Waals surface area contributed by atoms with Gasteiger partial charge in [0.05, 0.1) is 30.2 Å². The molecule has 2 atom stereocenters. The highest BCUT2D eigenvalue weighted by molar-refractivity contribution is 7.89. The summed E-state index contributed by atoms with van der Waals surface area (Å²) < 4.78 is 32.9. The largest absolute Gasteiger partial charge is 0.444 e. The highest BCUT2D eigenvalue weighted by Gasteiger charge is 2.45. The van der Waals surface area contributed by atoms with Crippen LogP contribution < -0.4 is 5.73 Å². The smallest absolute Gasteiger partial charge is 0.410 e. The molecule has 0 fully saturated rings. The Bertz CT molecular complexity index is 1130. The third kappa shape index (κ3) is 6.42. The van der Waals surface area contributed by atoms with Crippen molar-refractivity contribution >= 4 is 27.7 Å². The summed E-state index contributed by atoms with van der Waals surface area (Å²) in [5, 5.41) is 21.3. The number of rotatable bonds is 9. The van der Waals surface area contributed by atoms with Crippen LogP contribution in [0.4, 0.5) is 10.5 Å². The number of aliphatic hydroxyl groups is 1. The average molecular weight is 513 g/mol. The van der Waals surface area contributed by atoms with E-state index in [9.17, 15) is 33.2 Å². The molecule has 0 aliphatic carbocycles.